The molecule has 1 aromatic carbocycles. The molecule has 1 heteroatoms. The van der Waals surface area contributed by atoms with Gasteiger partial charge in [0.05, 0.1) is 0 Å². The van der Waals surface area contributed by atoms with Gasteiger partial charge in [0.15, 0.2) is 0 Å². The fraction of sp³-hybridized carbons (Fsp3) is 0.571. The molecule has 1 aromatic rings. The first-order valence-corrected chi connectivity index (χ1v) is 6.90. The number of aryl methyl sites for hydroxylation is 1. The highest BCUT2D eigenvalue weighted by molar-refractivity contribution is 9.09. The summed E-state index contributed by atoms with van der Waals surface area (Å²) in [6.45, 7) is 2.21. The average molecular weight is 267 g/mol. The van der Waals surface area contributed by atoms with Crippen LogP contribution in [0.3, 0.4) is 0 Å². The molecule has 0 N–H and O–H groups in total. The van der Waals surface area contributed by atoms with Crippen LogP contribution in [-0.4, -0.2) is 4.83 Å². The van der Waals surface area contributed by atoms with Crippen molar-refractivity contribution in [2.75, 3.05) is 0 Å². The van der Waals surface area contributed by atoms with Gasteiger partial charge in [0.2, 0.25) is 0 Å². The number of alkyl halides is 1. The Kier molecular flexibility index (Phi) is 3.85. The molecule has 1 atom stereocenters. The highest BCUT2D eigenvalue weighted by Gasteiger charge is 2.18. The van der Waals surface area contributed by atoms with Crippen LogP contribution in [0.2, 0.25) is 0 Å². The maximum atomic E-state index is 3.59. The molecular formula is C14H19Br. The minimum atomic E-state index is 0.629. The summed E-state index contributed by atoms with van der Waals surface area (Å²) in [7, 11) is 0. The monoisotopic (exact) mass is 266 g/mol. The Labute approximate surface area is 101 Å². The van der Waals surface area contributed by atoms with Gasteiger partial charge >= 0.3 is 0 Å². The second kappa shape index (κ2) is 5.16. The molecule has 0 nitrogen and oxygen atoms in total. The molecule has 0 heterocycles. The topological polar surface area (TPSA) is 0 Å². The van der Waals surface area contributed by atoms with Crippen molar-refractivity contribution in [1.82, 2.24) is 0 Å². The molecule has 0 saturated heterocycles. The highest BCUT2D eigenvalue weighted by atomic mass is 79.9. The van der Waals surface area contributed by atoms with Crippen molar-refractivity contribution < 1.29 is 0 Å². The Hall–Kier alpha value is -0.300. The van der Waals surface area contributed by atoms with Crippen LogP contribution in [0.15, 0.2) is 24.3 Å². The molecular weight excluding hydrogens is 248 g/mol. The van der Waals surface area contributed by atoms with E-state index in [-0.39, 0.29) is 0 Å². The van der Waals surface area contributed by atoms with Crippen molar-refractivity contribution in [3.63, 3.8) is 0 Å². The van der Waals surface area contributed by atoms with Gasteiger partial charge in [0, 0.05) is 4.83 Å². The van der Waals surface area contributed by atoms with Gasteiger partial charge < -0.3 is 0 Å². The number of hydrogen-bond acceptors (Lipinski definition) is 0. The largest absolute Gasteiger partial charge is 0.0894 e. The maximum Gasteiger partial charge on any atom is 0.0120 e. The highest BCUT2D eigenvalue weighted by Crippen LogP contribution is 2.36. The SMILES string of the molecule is CC(Br)CCc1ccc(C2CCC2)cc1. The lowest BCUT2D eigenvalue weighted by Crippen LogP contribution is -2.08. The normalized spacial score (nSPS) is 18.5. The van der Waals surface area contributed by atoms with Gasteiger partial charge in [-0.3, -0.25) is 0 Å². The van der Waals surface area contributed by atoms with Crippen molar-refractivity contribution in [3.8, 4) is 0 Å². The first kappa shape index (κ1) is 11.2. The average Bonchev–Trinajstić information content (AvgIpc) is 2.14. The van der Waals surface area contributed by atoms with E-state index in [2.05, 4.69) is 47.1 Å². The second-order valence-electron chi connectivity index (χ2n) is 4.69. The summed E-state index contributed by atoms with van der Waals surface area (Å²) >= 11 is 3.59. The van der Waals surface area contributed by atoms with E-state index in [1.54, 1.807) is 5.56 Å². The van der Waals surface area contributed by atoms with Gasteiger partial charge in [-0.25, -0.2) is 0 Å². The van der Waals surface area contributed by atoms with Crippen LogP contribution >= 0.6 is 15.9 Å². The molecule has 15 heavy (non-hydrogen) atoms. The summed E-state index contributed by atoms with van der Waals surface area (Å²) in [5.41, 5.74) is 3.03. The van der Waals surface area contributed by atoms with E-state index < -0.39 is 0 Å². The quantitative estimate of drug-likeness (QED) is 0.695. The molecule has 0 aliphatic heterocycles. The van der Waals surface area contributed by atoms with Crippen LogP contribution in [0, 0.1) is 0 Å². The second-order valence-corrected chi connectivity index (χ2v) is 6.25. The summed E-state index contributed by atoms with van der Waals surface area (Å²) in [6, 6.07) is 9.28. The Morgan fingerprint density at radius 1 is 1.27 bits per heavy atom. The first-order chi connectivity index (χ1) is 7.25. The van der Waals surface area contributed by atoms with Gasteiger partial charge in [-0.05, 0) is 42.7 Å². The number of halogens is 1. The van der Waals surface area contributed by atoms with E-state index in [4.69, 9.17) is 0 Å². The third-order valence-corrected chi connectivity index (χ3v) is 3.84. The predicted octanol–water partition coefficient (Wildman–Crippen LogP) is 4.67. The Morgan fingerprint density at radius 2 is 1.93 bits per heavy atom. The summed E-state index contributed by atoms with van der Waals surface area (Å²) in [6.07, 6.45) is 6.64. The van der Waals surface area contributed by atoms with E-state index in [9.17, 15) is 0 Å². The Morgan fingerprint density at radius 3 is 2.40 bits per heavy atom. The van der Waals surface area contributed by atoms with E-state index in [1.165, 1.54) is 37.7 Å². The lowest BCUT2D eigenvalue weighted by atomic mass is 9.80. The van der Waals surface area contributed by atoms with Gasteiger partial charge in [-0.1, -0.05) is 53.5 Å². The van der Waals surface area contributed by atoms with Gasteiger partial charge in [-0.15, -0.1) is 0 Å². The lowest BCUT2D eigenvalue weighted by molar-refractivity contribution is 0.419. The fourth-order valence-corrected chi connectivity index (χ4v) is 2.29. The zero-order valence-corrected chi connectivity index (χ0v) is 11.0. The van der Waals surface area contributed by atoms with Crippen LogP contribution < -0.4 is 0 Å². The predicted molar refractivity (Wildman–Crippen MR) is 69.7 cm³/mol. The summed E-state index contributed by atoms with van der Waals surface area (Å²) in [4.78, 5) is 0.629. The van der Waals surface area contributed by atoms with Crippen LogP contribution in [-0.2, 0) is 6.42 Å². The number of hydrogen-bond donors (Lipinski definition) is 0. The smallest absolute Gasteiger partial charge is 0.0120 e. The van der Waals surface area contributed by atoms with Gasteiger partial charge in [0.1, 0.15) is 0 Å². The van der Waals surface area contributed by atoms with Crippen LogP contribution in [0.5, 0.6) is 0 Å². The van der Waals surface area contributed by atoms with E-state index >= 15 is 0 Å². The fourth-order valence-electron chi connectivity index (χ4n) is 2.06. The van der Waals surface area contributed by atoms with Gasteiger partial charge in [0.25, 0.3) is 0 Å². The molecule has 0 spiro atoms. The molecule has 1 saturated carbocycles. The van der Waals surface area contributed by atoms with Crippen LogP contribution in [0.4, 0.5) is 0 Å². The minimum absolute atomic E-state index is 0.629. The van der Waals surface area contributed by atoms with Crippen molar-refractivity contribution >= 4 is 15.9 Å². The molecule has 1 aliphatic rings. The summed E-state index contributed by atoms with van der Waals surface area (Å²) in [5, 5.41) is 0. The molecule has 0 radical (unpaired) electrons. The molecule has 0 amide bonds. The van der Waals surface area contributed by atoms with Crippen molar-refractivity contribution in [2.45, 2.75) is 49.8 Å². The number of rotatable bonds is 4. The maximum absolute atomic E-state index is 3.59. The minimum Gasteiger partial charge on any atom is -0.0894 e. The van der Waals surface area contributed by atoms with E-state index in [1.807, 2.05) is 0 Å². The Bertz CT molecular complexity index is 296. The van der Waals surface area contributed by atoms with Gasteiger partial charge in [-0.2, -0.15) is 0 Å². The zero-order chi connectivity index (χ0) is 10.7. The lowest BCUT2D eigenvalue weighted by Gasteiger charge is -2.25. The summed E-state index contributed by atoms with van der Waals surface area (Å²) in [5.74, 6) is 0.870. The molecule has 1 fully saturated rings. The first-order valence-electron chi connectivity index (χ1n) is 5.98. The third-order valence-electron chi connectivity index (χ3n) is 3.39. The van der Waals surface area contributed by atoms with Crippen molar-refractivity contribution in [3.05, 3.63) is 35.4 Å². The standard InChI is InChI=1S/C14H19Br/c1-11(15)5-6-12-7-9-14(10-8-12)13-3-2-4-13/h7-11,13H,2-6H2,1H3. The van der Waals surface area contributed by atoms with Crippen LogP contribution in [0.1, 0.15) is 49.7 Å². The third kappa shape index (κ3) is 3.07. The Balaban J connectivity index is 1.91. The molecule has 1 unspecified atom stereocenters. The van der Waals surface area contributed by atoms with E-state index in [0.29, 0.717) is 4.83 Å². The molecule has 1 aliphatic carbocycles. The summed E-state index contributed by atoms with van der Waals surface area (Å²) < 4.78 is 0. The van der Waals surface area contributed by atoms with E-state index in [0.717, 1.165) is 5.92 Å². The molecule has 82 valence electrons. The van der Waals surface area contributed by atoms with Crippen LogP contribution in [0.25, 0.3) is 0 Å². The molecule has 0 aromatic heterocycles. The molecule has 2 rings (SSSR count). The van der Waals surface area contributed by atoms with Crippen molar-refractivity contribution in [2.24, 2.45) is 0 Å². The number of benzene rings is 1. The zero-order valence-electron chi connectivity index (χ0n) is 9.38. The van der Waals surface area contributed by atoms with Crippen molar-refractivity contribution in [1.29, 1.82) is 0 Å². The molecule has 0 bridgehead atoms.